The summed E-state index contributed by atoms with van der Waals surface area (Å²) in [5.74, 6) is 0. The number of fused-ring (bicyclic) bond motifs is 1. The van der Waals surface area contributed by atoms with Crippen molar-refractivity contribution in [2.75, 3.05) is 6.54 Å². The molecule has 7 heteroatoms. The summed E-state index contributed by atoms with van der Waals surface area (Å²) in [6.45, 7) is 0.986. The van der Waals surface area contributed by atoms with Gasteiger partial charge in [0.2, 0.25) is 0 Å². The molecule has 130 valence electrons. The molecule has 0 amide bonds. The molecule has 5 nitrogen and oxygen atoms in total. The number of hydrogen-bond acceptors (Lipinski definition) is 4. The Hall–Kier alpha value is -1.70. The molecule has 0 aliphatic carbocycles. The highest BCUT2D eigenvalue weighted by molar-refractivity contribution is 9.10. The van der Waals surface area contributed by atoms with Gasteiger partial charge in [-0.15, -0.1) is 0 Å². The number of pyridine rings is 1. The van der Waals surface area contributed by atoms with Gasteiger partial charge in [0.25, 0.3) is 10.0 Å². The molecule has 3 aromatic rings. The lowest BCUT2D eigenvalue weighted by Crippen LogP contribution is -2.26. The third-order valence-electron chi connectivity index (χ3n) is 4.55. The minimum Gasteiger partial charge on any atom is -0.314 e. The number of hydrogen-bond donors (Lipinski definition) is 1. The van der Waals surface area contributed by atoms with Crippen LogP contribution in [-0.2, 0) is 16.4 Å². The van der Waals surface area contributed by atoms with E-state index in [2.05, 4.69) is 26.2 Å². The molecule has 25 heavy (non-hydrogen) atoms. The van der Waals surface area contributed by atoms with Gasteiger partial charge in [-0.1, -0.05) is 18.2 Å². The minimum atomic E-state index is -3.71. The molecule has 0 saturated carbocycles. The fourth-order valence-corrected chi connectivity index (χ4v) is 5.20. The van der Waals surface area contributed by atoms with Crippen molar-refractivity contribution >= 4 is 37.0 Å². The van der Waals surface area contributed by atoms with E-state index in [1.807, 2.05) is 24.3 Å². The van der Waals surface area contributed by atoms with Crippen molar-refractivity contribution in [1.29, 1.82) is 0 Å². The van der Waals surface area contributed by atoms with E-state index in [1.54, 1.807) is 24.3 Å². The molecule has 1 aliphatic heterocycles. The van der Waals surface area contributed by atoms with Crippen LogP contribution >= 0.6 is 15.9 Å². The van der Waals surface area contributed by atoms with Gasteiger partial charge in [0.1, 0.15) is 4.60 Å². The molecule has 1 saturated heterocycles. The molecule has 3 heterocycles. The van der Waals surface area contributed by atoms with Crippen LogP contribution in [0.25, 0.3) is 11.0 Å². The first-order chi connectivity index (χ1) is 12.1. The van der Waals surface area contributed by atoms with Crippen LogP contribution in [0.4, 0.5) is 0 Å². The average molecular weight is 420 g/mol. The first-order valence-electron chi connectivity index (χ1n) is 8.26. The standard InChI is InChI=1S/C18H18BrN3O2S/c19-17-9-8-13-11-15(12-14-5-4-10-20-14)22(18(13)21-17)25(23,24)16-6-2-1-3-7-16/h1-3,6-9,11,14,20H,4-5,10,12H2/t14-/m1/s1. The quantitative estimate of drug-likeness (QED) is 0.658. The zero-order valence-corrected chi connectivity index (χ0v) is 15.9. The third kappa shape index (κ3) is 3.12. The van der Waals surface area contributed by atoms with E-state index in [-0.39, 0.29) is 4.90 Å². The van der Waals surface area contributed by atoms with E-state index in [1.165, 1.54) is 3.97 Å². The van der Waals surface area contributed by atoms with Crippen molar-refractivity contribution in [2.24, 2.45) is 0 Å². The second kappa shape index (κ2) is 6.55. The summed E-state index contributed by atoms with van der Waals surface area (Å²) in [5.41, 5.74) is 1.23. The molecule has 0 radical (unpaired) electrons. The van der Waals surface area contributed by atoms with Crippen molar-refractivity contribution < 1.29 is 8.42 Å². The molecule has 0 spiro atoms. The molecule has 1 atom stereocenters. The van der Waals surface area contributed by atoms with Crippen LogP contribution in [-0.4, -0.2) is 30.0 Å². The Bertz CT molecular complexity index is 1010. The van der Waals surface area contributed by atoms with Crippen LogP contribution in [0, 0.1) is 0 Å². The van der Waals surface area contributed by atoms with Gasteiger partial charge in [0.05, 0.1) is 4.90 Å². The fraction of sp³-hybridized carbons (Fsp3) is 0.278. The van der Waals surface area contributed by atoms with E-state index in [9.17, 15) is 8.42 Å². The van der Waals surface area contributed by atoms with Gasteiger partial charge >= 0.3 is 0 Å². The van der Waals surface area contributed by atoms with Gasteiger partial charge in [-0.2, -0.15) is 0 Å². The van der Waals surface area contributed by atoms with Gasteiger partial charge < -0.3 is 5.32 Å². The van der Waals surface area contributed by atoms with Crippen LogP contribution in [0.5, 0.6) is 0 Å². The van der Waals surface area contributed by atoms with E-state index < -0.39 is 10.0 Å². The van der Waals surface area contributed by atoms with Crippen LogP contribution < -0.4 is 5.32 Å². The molecule has 1 fully saturated rings. The van der Waals surface area contributed by atoms with Gasteiger partial charge in [0, 0.05) is 23.5 Å². The maximum atomic E-state index is 13.3. The highest BCUT2D eigenvalue weighted by Crippen LogP contribution is 2.27. The zero-order chi connectivity index (χ0) is 17.4. The lowest BCUT2D eigenvalue weighted by Gasteiger charge is -2.14. The summed E-state index contributed by atoms with van der Waals surface area (Å²) in [4.78, 5) is 4.72. The Balaban J connectivity index is 1.91. The first-order valence-corrected chi connectivity index (χ1v) is 10.5. The summed E-state index contributed by atoms with van der Waals surface area (Å²) in [7, 11) is -3.71. The number of rotatable bonds is 4. The highest BCUT2D eigenvalue weighted by atomic mass is 79.9. The Morgan fingerprint density at radius 1 is 1.20 bits per heavy atom. The molecule has 0 bridgehead atoms. The number of aromatic nitrogens is 2. The molecular weight excluding hydrogens is 402 g/mol. The Morgan fingerprint density at radius 3 is 2.72 bits per heavy atom. The number of nitrogens with one attached hydrogen (secondary N) is 1. The minimum absolute atomic E-state index is 0.273. The van der Waals surface area contributed by atoms with Crippen LogP contribution in [0.1, 0.15) is 18.5 Å². The largest absolute Gasteiger partial charge is 0.314 e. The molecular formula is C18H18BrN3O2S. The number of nitrogens with zero attached hydrogens (tertiary/aromatic N) is 2. The molecule has 4 rings (SSSR count). The van der Waals surface area contributed by atoms with Gasteiger partial charge in [0.15, 0.2) is 5.65 Å². The molecule has 1 aromatic carbocycles. The van der Waals surface area contributed by atoms with Crippen molar-refractivity contribution in [3.8, 4) is 0 Å². The van der Waals surface area contributed by atoms with Crippen LogP contribution in [0.2, 0.25) is 0 Å². The zero-order valence-electron chi connectivity index (χ0n) is 13.5. The summed E-state index contributed by atoms with van der Waals surface area (Å²) < 4.78 is 28.6. The topological polar surface area (TPSA) is 64.0 Å². The monoisotopic (exact) mass is 419 g/mol. The normalized spacial score (nSPS) is 18.0. The van der Waals surface area contributed by atoms with Gasteiger partial charge in [-0.25, -0.2) is 17.4 Å². The van der Waals surface area contributed by atoms with Gasteiger partial charge in [-0.05, 0) is 65.6 Å². The summed E-state index contributed by atoms with van der Waals surface area (Å²) in [6, 6.07) is 14.5. The Kier molecular flexibility index (Phi) is 4.39. The van der Waals surface area contributed by atoms with E-state index in [0.29, 0.717) is 22.7 Å². The van der Waals surface area contributed by atoms with E-state index in [0.717, 1.165) is 30.5 Å². The van der Waals surface area contributed by atoms with E-state index in [4.69, 9.17) is 0 Å². The predicted molar refractivity (Wildman–Crippen MR) is 101 cm³/mol. The predicted octanol–water partition coefficient (Wildman–Crippen LogP) is 3.33. The maximum absolute atomic E-state index is 13.3. The van der Waals surface area contributed by atoms with Crippen LogP contribution in [0.3, 0.4) is 0 Å². The summed E-state index contributed by atoms with van der Waals surface area (Å²) >= 11 is 3.36. The summed E-state index contributed by atoms with van der Waals surface area (Å²) in [5, 5.41) is 4.27. The first kappa shape index (κ1) is 16.8. The van der Waals surface area contributed by atoms with Crippen molar-refractivity contribution in [3.63, 3.8) is 0 Å². The SMILES string of the molecule is O=S(=O)(c1ccccc1)n1c(C[C@H]2CCCN2)cc2ccc(Br)nc21. The fourth-order valence-electron chi connectivity index (χ4n) is 3.38. The molecule has 1 N–H and O–H groups in total. The van der Waals surface area contributed by atoms with Crippen molar-refractivity contribution in [3.05, 3.63) is 58.8 Å². The molecule has 1 aliphatic rings. The average Bonchev–Trinajstić information content (AvgIpc) is 3.23. The van der Waals surface area contributed by atoms with Crippen molar-refractivity contribution in [2.45, 2.75) is 30.2 Å². The maximum Gasteiger partial charge on any atom is 0.269 e. The van der Waals surface area contributed by atoms with Crippen LogP contribution in [0.15, 0.2) is 58.0 Å². The third-order valence-corrected chi connectivity index (χ3v) is 6.74. The Morgan fingerprint density at radius 2 is 2.00 bits per heavy atom. The lowest BCUT2D eigenvalue weighted by atomic mass is 10.1. The van der Waals surface area contributed by atoms with Gasteiger partial charge in [-0.3, -0.25) is 0 Å². The lowest BCUT2D eigenvalue weighted by molar-refractivity contribution is 0.572. The summed E-state index contributed by atoms with van der Waals surface area (Å²) in [6.07, 6.45) is 2.85. The Labute approximate surface area is 155 Å². The smallest absolute Gasteiger partial charge is 0.269 e. The molecule has 2 aromatic heterocycles. The highest BCUT2D eigenvalue weighted by Gasteiger charge is 2.26. The second-order valence-corrected chi connectivity index (χ2v) is 8.86. The van der Waals surface area contributed by atoms with E-state index >= 15 is 0 Å². The number of benzene rings is 1. The van der Waals surface area contributed by atoms with Crippen molar-refractivity contribution in [1.82, 2.24) is 14.3 Å². The second-order valence-electron chi connectivity index (χ2n) is 6.26. The number of halogens is 1. The molecule has 0 unspecified atom stereocenters.